The van der Waals surface area contributed by atoms with Gasteiger partial charge in [0.1, 0.15) is 11.3 Å². The molecule has 6 nitrogen and oxygen atoms in total. The molecule has 1 aromatic heterocycles. The average molecular weight is 391 g/mol. The standard InChI is InChI=1S/C23H25N3O3/c1-15(21-13-18-5-3-4-6-20(18)29-21)26(2)23(28)24-14-16-7-11-19(12-8-16)25-22(27)17-9-10-17/h3-8,11-13,15,17H,9-10,14H2,1-2H3,(H,24,28)(H,25,27)/t15-/m1/s1. The van der Waals surface area contributed by atoms with Crippen LogP contribution in [0.4, 0.5) is 10.5 Å². The molecule has 0 spiro atoms. The number of anilines is 1. The Balaban J connectivity index is 1.31. The van der Waals surface area contributed by atoms with Crippen molar-refractivity contribution >= 4 is 28.6 Å². The summed E-state index contributed by atoms with van der Waals surface area (Å²) in [7, 11) is 1.75. The van der Waals surface area contributed by atoms with E-state index in [0.717, 1.165) is 40.8 Å². The minimum absolute atomic E-state index is 0.0900. The Morgan fingerprint density at radius 2 is 1.86 bits per heavy atom. The molecule has 1 fully saturated rings. The number of carbonyl (C=O) groups excluding carboxylic acids is 2. The molecule has 1 atom stereocenters. The van der Waals surface area contributed by atoms with E-state index in [2.05, 4.69) is 10.6 Å². The number of hydrogen-bond acceptors (Lipinski definition) is 3. The van der Waals surface area contributed by atoms with E-state index in [9.17, 15) is 9.59 Å². The van der Waals surface area contributed by atoms with Crippen LogP contribution in [-0.2, 0) is 11.3 Å². The first-order valence-electron chi connectivity index (χ1n) is 9.90. The molecule has 1 heterocycles. The molecular weight excluding hydrogens is 366 g/mol. The maximum atomic E-state index is 12.6. The molecule has 2 aromatic carbocycles. The number of benzene rings is 2. The van der Waals surface area contributed by atoms with E-state index >= 15 is 0 Å². The van der Waals surface area contributed by atoms with Gasteiger partial charge < -0.3 is 20.0 Å². The maximum absolute atomic E-state index is 12.6. The molecule has 0 radical (unpaired) electrons. The summed E-state index contributed by atoms with van der Waals surface area (Å²) in [5, 5.41) is 6.87. The number of carbonyl (C=O) groups is 2. The van der Waals surface area contributed by atoms with E-state index < -0.39 is 0 Å². The van der Waals surface area contributed by atoms with Crippen molar-refractivity contribution in [2.24, 2.45) is 5.92 Å². The van der Waals surface area contributed by atoms with E-state index in [1.807, 2.05) is 61.5 Å². The molecule has 6 heteroatoms. The summed E-state index contributed by atoms with van der Waals surface area (Å²) in [6.07, 6.45) is 1.96. The topological polar surface area (TPSA) is 74.6 Å². The minimum Gasteiger partial charge on any atom is -0.459 e. The van der Waals surface area contributed by atoms with E-state index in [1.54, 1.807) is 11.9 Å². The van der Waals surface area contributed by atoms with Crippen molar-refractivity contribution in [1.29, 1.82) is 0 Å². The molecule has 29 heavy (non-hydrogen) atoms. The maximum Gasteiger partial charge on any atom is 0.318 e. The number of hydrogen-bond donors (Lipinski definition) is 2. The zero-order valence-corrected chi connectivity index (χ0v) is 16.6. The highest BCUT2D eigenvalue weighted by Gasteiger charge is 2.29. The zero-order chi connectivity index (χ0) is 20.4. The quantitative estimate of drug-likeness (QED) is 0.640. The fourth-order valence-electron chi connectivity index (χ4n) is 3.17. The van der Waals surface area contributed by atoms with Crippen LogP contribution in [0, 0.1) is 5.92 Å². The first-order chi connectivity index (χ1) is 14.0. The highest BCUT2D eigenvalue weighted by atomic mass is 16.3. The van der Waals surface area contributed by atoms with E-state index in [4.69, 9.17) is 4.42 Å². The van der Waals surface area contributed by atoms with Crippen LogP contribution in [0.3, 0.4) is 0 Å². The monoisotopic (exact) mass is 391 g/mol. The summed E-state index contributed by atoms with van der Waals surface area (Å²) in [5.74, 6) is 1.02. The first kappa shape index (κ1) is 19.1. The van der Waals surface area contributed by atoms with Crippen LogP contribution in [0.5, 0.6) is 0 Å². The van der Waals surface area contributed by atoms with Gasteiger partial charge in [-0.2, -0.15) is 0 Å². The molecule has 3 aromatic rings. The van der Waals surface area contributed by atoms with E-state index in [-0.39, 0.29) is 23.9 Å². The fourth-order valence-corrected chi connectivity index (χ4v) is 3.17. The number of nitrogens with zero attached hydrogens (tertiary/aromatic N) is 1. The summed E-state index contributed by atoms with van der Waals surface area (Å²) in [4.78, 5) is 26.0. The highest BCUT2D eigenvalue weighted by Crippen LogP contribution is 2.30. The van der Waals surface area contributed by atoms with Crippen LogP contribution in [0.2, 0.25) is 0 Å². The zero-order valence-electron chi connectivity index (χ0n) is 16.6. The van der Waals surface area contributed by atoms with Gasteiger partial charge in [-0.05, 0) is 49.6 Å². The van der Waals surface area contributed by atoms with E-state index in [1.165, 1.54) is 0 Å². The first-order valence-corrected chi connectivity index (χ1v) is 9.90. The van der Waals surface area contributed by atoms with Crippen LogP contribution in [0.15, 0.2) is 59.0 Å². The lowest BCUT2D eigenvalue weighted by molar-refractivity contribution is -0.117. The van der Waals surface area contributed by atoms with Crippen molar-refractivity contribution in [1.82, 2.24) is 10.2 Å². The molecule has 1 saturated carbocycles. The fraction of sp³-hybridized carbons (Fsp3) is 0.304. The Kier molecular flexibility index (Phi) is 5.25. The summed E-state index contributed by atoms with van der Waals surface area (Å²) in [5.41, 5.74) is 2.57. The van der Waals surface area contributed by atoms with Crippen LogP contribution in [-0.4, -0.2) is 23.9 Å². The smallest absolute Gasteiger partial charge is 0.318 e. The minimum atomic E-state index is -0.192. The lowest BCUT2D eigenvalue weighted by Gasteiger charge is -2.23. The summed E-state index contributed by atoms with van der Waals surface area (Å²) in [6.45, 7) is 2.35. The van der Waals surface area contributed by atoms with Gasteiger partial charge in [0.25, 0.3) is 0 Å². The van der Waals surface area contributed by atoms with Gasteiger partial charge in [0.15, 0.2) is 0 Å². The van der Waals surface area contributed by atoms with Gasteiger partial charge in [-0.3, -0.25) is 4.79 Å². The van der Waals surface area contributed by atoms with Crippen LogP contribution in [0.1, 0.15) is 37.1 Å². The highest BCUT2D eigenvalue weighted by molar-refractivity contribution is 5.94. The van der Waals surface area contributed by atoms with Gasteiger partial charge in [0, 0.05) is 30.6 Å². The van der Waals surface area contributed by atoms with Crippen LogP contribution < -0.4 is 10.6 Å². The third-order valence-electron chi connectivity index (χ3n) is 5.37. The third kappa shape index (κ3) is 4.42. The predicted octanol–water partition coefficient (Wildman–Crippen LogP) is 4.68. The number of rotatable bonds is 6. The van der Waals surface area contributed by atoms with Gasteiger partial charge in [0.05, 0.1) is 6.04 Å². The van der Waals surface area contributed by atoms with Crippen LogP contribution in [0.25, 0.3) is 11.0 Å². The van der Waals surface area contributed by atoms with E-state index in [0.29, 0.717) is 6.54 Å². The average Bonchev–Trinajstić information content (AvgIpc) is 3.50. The molecule has 150 valence electrons. The Morgan fingerprint density at radius 1 is 1.14 bits per heavy atom. The molecular formula is C23H25N3O3. The Bertz CT molecular complexity index is 988. The van der Waals surface area contributed by atoms with Crippen molar-refractivity contribution in [3.8, 4) is 0 Å². The Labute approximate surface area is 169 Å². The summed E-state index contributed by atoms with van der Waals surface area (Å²) < 4.78 is 5.87. The van der Waals surface area contributed by atoms with Gasteiger partial charge >= 0.3 is 6.03 Å². The molecule has 0 saturated heterocycles. The summed E-state index contributed by atoms with van der Waals surface area (Å²) in [6, 6.07) is 16.9. The SMILES string of the molecule is C[C@H](c1cc2ccccc2o1)N(C)C(=O)NCc1ccc(NC(=O)C2CC2)cc1. The molecule has 2 N–H and O–H groups in total. The van der Waals surface area contributed by atoms with Crippen molar-refractivity contribution in [2.75, 3.05) is 12.4 Å². The van der Waals surface area contributed by atoms with Crippen molar-refractivity contribution in [3.63, 3.8) is 0 Å². The molecule has 0 aliphatic heterocycles. The lowest BCUT2D eigenvalue weighted by atomic mass is 10.2. The molecule has 4 rings (SSSR count). The molecule has 0 bridgehead atoms. The number of fused-ring (bicyclic) bond motifs is 1. The lowest BCUT2D eigenvalue weighted by Crippen LogP contribution is -2.38. The van der Waals surface area contributed by atoms with Crippen molar-refractivity contribution < 1.29 is 14.0 Å². The van der Waals surface area contributed by atoms with Crippen LogP contribution >= 0.6 is 0 Å². The predicted molar refractivity (Wildman–Crippen MR) is 112 cm³/mol. The number of amides is 3. The van der Waals surface area contributed by atoms with Gasteiger partial charge in [-0.15, -0.1) is 0 Å². The van der Waals surface area contributed by atoms with Crippen molar-refractivity contribution in [3.05, 3.63) is 65.9 Å². The molecule has 3 amide bonds. The number of nitrogens with one attached hydrogen (secondary N) is 2. The van der Waals surface area contributed by atoms with Gasteiger partial charge in [-0.25, -0.2) is 4.79 Å². The second kappa shape index (κ2) is 7.99. The molecule has 1 aliphatic rings. The molecule has 1 aliphatic carbocycles. The molecule has 0 unspecified atom stereocenters. The second-order valence-corrected chi connectivity index (χ2v) is 7.59. The third-order valence-corrected chi connectivity index (χ3v) is 5.37. The van der Waals surface area contributed by atoms with Crippen molar-refractivity contribution in [2.45, 2.75) is 32.4 Å². The second-order valence-electron chi connectivity index (χ2n) is 7.59. The summed E-state index contributed by atoms with van der Waals surface area (Å²) >= 11 is 0. The number of para-hydroxylation sites is 1. The Hall–Kier alpha value is -3.28. The van der Waals surface area contributed by atoms with Gasteiger partial charge in [-0.1, -0.05) is 30.3 Å². The number of urea groups is 1. The Morgan fingerprint density at radius 3 is 2.55 bits per heavy atom. The normalized spacial score (nSPS) is 14.4. The largest absolute Gasteiger partial charge is 0.459 e. The van der Waals surface area contributed by atoms with Gasteiger partial charge in [0.2, 0.25) is 5.91 Å². The number of furan rings is 1.